The van der Waals surface area contributed by atoms with Crippen molar-refractivity contribution < 1.29 is 5.11 Å². The van der Waals surface area contributed by atoms with E-state index in [2.05, 4.69) is 0 Å². The number of aromatic hydroxyl groups is 1. The van der Waals surface area contributed by atoms with E-state index in [1.54, 1.807) is 12.1 Å². The lowest BCUT2D eigenvalue weighted by Gasteiger charge is -1.96. The van der Waals surface area contributed by atoms with E-state index in [4.69, 9.17) is 5.11 Å². The third-order valence-corrected chi connectivity index (χ3v) is 2.40. The maximum absolute atomic E-state index is 9.13. The summed E-state index contributed by atoms with van der Waals surface area (Å²) in [5.41, 5.74) is 0. The molecule has 0 aliphatic heterocycles. The summed E-state index contributed by atoms with van der Waals surface area (Å²) in [6.07, 6.45) is 0. The van der Waals surface area contributed by atoms with Crippen molar-refractivity contribution in [1.82, 2.24) is 0 Å². The van der Waals surface area contributed by atoms with Crippen LogP contribution in [0, 0.1) is 0 Å². The summed E-state index contributed by atoms with van der Waals surface area (Å²) in [5.74, 6) is 0.323. The highest BCUT2D eigenvalue weighted by Gasteiger charge is 1.91. The van der Waals surface area contributed by atoms with Crippen LogP contribution in [0.3, 0.4) is 0 Å². The molecule has 3 aromatic rings. The lowest BCUT2D eigenvalue weighted by Crippen LogP contribution is -1.69. The predicted molar refractivity (Wildman–Crippen MR) is 72.1 cm³/mol. The maximum Gasteiger partial charge on any atom is 0.116 e. The molecule has 0 heterocycles. The Balaban J connectivity index is 0.000000153. The van der Waals surface area contributed by atoms with Crippen molar-refractivity contribution in [2.75, 3.05) is 0 Å². The first-order chi connectivity index (χ1) is 8.36. The summed E-state index contributed by atoms with van der Waals surface area (Å²) >= 11 is 0. The molecule has 0 aliphatic carbocycles. The Hall–Kier alpha value is -2.28. The van der Waals surface area contributed by atoms with E-state index in [1.807, 2.05) is 66.7 Å². The fourth-order valence-corrected chi connectivity index (χ4v) is 1.56. The minimum atomic E-state index is 0.323. The summed E-state index contributed by atoms with van der Waals surface area (Å²) in [6, 6.07) is 25.3. The number of fused-ring (bicyclic) bond motifs is 1. The van der Waals surface area contributed by atoms with Crippen LogP contribution in [0.1, 0.15) is 0 Å². The second-order valence-electron chi connectivity index (χ2n) is 3.69. The van der Waals surface area contributed by atoms with E-state index in [-0.39, 0.29) is 0 Å². The first kappa shape index (κ1) is 11.2. The van der Waals surface area contributed by atoms with Gasteiger partial charge in [-0.2, -0.15) is 0 Å². The SMILES string of the molecule is Oc1ccc2ccccc2c1.c1ccccc1. The molecule has 3 aromatic carbocycles. The van der Waals surface area contributed by atoms with Gasteiger partial charge in [-0.25, -0.2) is 0 Å². The zero-order valence-corrected chi connectivity index (χ0v) is 9.45. The van der Waals surface area contributed by atoms with Crippen molar-refractivity contribution in [3.63, 3.8) is 0 Å². The Morgan fingerprint density at radius 3 is 1.65 bits per heavy atom. The number of phenols is 1. The molecule has 0 saturated heterocycles. The molecule has 0 fully saturated rings. The number of hydrogen-bond acceptors (Lipinski definition) is 1. The summed E-state index contributed by atoms with van der Waals surface area (Å²) in [4.78, 5) is 0. The van der Waals surface area contributed by atoms with Crippen LogP contribution >= 0.6 is 0 Å². The molecule has 1 nitrogen and oxygen atoms in total. The normalized spacial score (nSPS) is 9.41. The molecule has 0 aliphatic rings. The van der Waals surface area contributed by atoms with Crippen molar-refractivity contribution in [1.29, 1.82) is 0 Å². The second-order valence-corrected chi connectivity index (χ2v) is 3.69. The smallest absolute Gasteiger partial charge is 0.116 e. The van der Waals surface area contributed by atoms with Crippen LogP contribution in [0.2, 0.25) is 0 Å². The minimum absolute atomic E-state index is 0.323. The highest BCUT2D eigenvalue weighted by atomic mass is 16.3. The van der Waals surface area contributed by atoms with E-state index >= 15 is 0 Å². The van der Waals surface area contributed by atoms with Gasteiger partial charge in [0.1, 0.15) is 5.75 Å². The maximum atomic E-state index is 9.13. The average Bonchev–Trinajstić information content (AvgIpc) is 2.41. The van der Waals surface area contributed by atoms with Gasteiger partial charge < -0.3 is 5.11 Å². The number of benzene rings is 3. The van der Waals surface area contributed by atoms with Gasteiger partial charge in [0.25, 0.3) is 0 Å². The molecule has 1 N–H and O–H groups in total. The monoisotopic (exact) mass is 222 g/mol. The largest absolute Gasteiger partial charge is 0.508 e. The van der Waals surface area contributed by atoms with Crippen molar-refractivity contribution in [3.05, 3.63) is 78.9 Å². The lowest BCUT2D eigenvalue weighted by molar-refractivity contribution is 0.476. The van der Waals surface area contributed by atoms with Gasteiger partial charge in [-0.05, 0) is 22.9 Å². The van der Waals surface area contributed by atoms with Crippen molar-refractivity contribution in [2.45, 2.75) is 0 Å². The molecular weight excluding hydrogens is 208 g/mol. The van der Waals surface area contributed by atoms with Gasteiger partial charge >= 0.3 is 0 Å². The van der Waals surface area contributed by atoms with Gasteiger partial charge in [0, 0.05) is 0 Å². The topological polar surface area (TPSA) is 20.2 Å². The molecule has 0 atom stereocenters. The third-order valence-electron chi connectivity index (χ3n) is 2.40. The third kappa shape index (κ3) is 3.35. The molecule has 1 heteroatoms. The lowest BCUT2D eigenvalue weighted by atomic mass is 10.1. The summed E-state index contributed by atoms with van der Waals surface area (Å²) < 4.78 is 0. The number of hydrogen-bond donors (Lipinski definition) is 1. The van der Waals surface area contributed by atoms with E-state index in [0.29, 0.717) is 5.75 Å². The standard InChI is InChI=1S/C10H8O.C6H6/c11-10-6-5-8-3-1-2-4-9(8)7-10;1-2-4-6-5-3-1/h1-7,11H;1-6H. The quantitative estimate of drug-likeness (QED) is 0.603. The van der Waals surface area contributed by atoms with E-state index in [9.17, 15) is 0 Å². The fraction of sp³-hybridized carbons (Fsp3) is 0. The van der Waals surface area contributed by atoms with Crippen molar-refractivity contribution in [2.24, 2.45) is 0 Å². The van der Waals surface area contributed by atoms with Crippen LogP contribution < -0.4 is 0 Å². The van der Waals surface area contributed by atoms with Gasteiger partial charge in [-0.3, -0.25) is 0 Å². The van der Waals surface area contributed by atoms with Crippen LogP contribution in [-0.4, -0.2) is 5.11 Å². The summed E-state index contributed by atoms with van der Waals surface area (Å²) in [7, 11) is 0. The molecule has 0 unspecified atom stereocenters. The van der Waals surface area contributed by atoms with Gasteiger partial charge in [0.15, 0.2) is 0 Å². The number of rotatable bonds is 0. The predicted octanol–water partition coefficient (Wildman–Crippen LogP) is 4.23. The fourth-order valence-electron chi connectivity index (χ4n) is 1.56. The van der Waals surface area contributed by atoms with Crippen LogP contribution in [0.5, 0.6) is 5.75 Å². The van der Waals surface area contributed by atoms with E-state index < -0.39 is 0 Å². The van der Waals surface area contributed by atoms with Gasteiger partial charge in [-0.15, -0.1) is 0 Å². The molecule has 0 bridgehead atoms. The molecule has 0 radical (unpaired) electrons. The Morgan fingerprint density at radius 1 is 0.529 bits per heavy atom. The Bertz CT molecular complexity index is 546. The van der Waals surface area contributed by atoms with Crippen molar-refractivity contribution in [3.8, 4) is 5.75 Å². The van der Waals surface area contributed by atoms with Crippen LogP contribution in [-0.2, 0) is 0 Å². The molecule has 3 rings (SSSR count). The second kappa shape index (κ2) is 5.71. The van der Waals surface area contributed by atoms with Crippen LogP contribution in [0.4, 0.5) is 0 Å². The summed E-state index contributed by atoms with van der Waals surface area (Å²) in [6.45, 7) is 0. The molecular formula is C16H14O. The summed E-state index contributed by atoms with van der Waals surface area (Å²) in [5, 5.41) is 11.4. The Morgan fingerprint density at radius 2 is 1.06 bits per heavy atom. The molecule has 0 amide bonds. The van der Waals surface area contributed by atoms with E-state index in [0.717, 1.165) is 10.8 Å². The molecule has 84 valence electrons. The first-order valence-electron chi connectivity index (χ1n) is 5.54. The minimum Gasteiger partial charge on any atom is -0.508 e. The molecule has 0 spiro atoms. The van der Waals surface area contributed by atoms with E-state index in [1.165, 1.54) is 0 Å². The number of phenolic OH excluding ortho intramolecular Hbond substituents is 1. The van der Waals surface area contributed by atoms with Crippen LogP contribution in [0.15, 0.2) is 78.9 Å². The Labute approximate surface area is 101 Å². The highest BCUT2D eigenvalue weighted by Crippen LogP contribution is 2.18. The molecule has 0 saturated carbocycles. The molecule has 17 heavy (non-hydrogen) atoms. The van der Waals surface area contributed by atoms with Crippen LogP contribution in [0.25, 0.3) is 10.8 Å². The van der Waals surface area contributed by atoms with Gasteiger partial charge in [0.2, 0.25) is 0 Å². The Kier molecular flexibility index (Phi) is 3.77. The first-order valence-corrected chi connectivity index (χ1v) is 5.54. The van der Waals surface area contributed by atoms with Gasteiger partial charge in [0.05, 0.1) is 0 Å². The van der Waals surface area contributed by atoms with Crippen molar-refractivity contribution >= 4 is 10.8 Å². The molecule has 0 aromatic heterocycles. The zero-order valence-electron chi connectivity index (χ0n) is 9.45. The average molecular weight is 222 g/mol. The van der Waals surface area contributed by atoms with Gasteiger partial charge in [-0.1, -0.05) is 66.7 Å². The zero-order chi connectivity index (χ0) is 11.9. The highest BCUT2D eigenvalue weighted by molar-refractivity contribution is 5.83.